The third-order valence-electron chi connectivity index (χ3n) is 1.75. The van der Waals surface area contributed by atoms with Gasteiger partial charge in [-0.2, -0.15) is 0 Å². The van der Waals surface area contributed by atoms with Crippen molar-refractivity contribution in [3.05, 3.63) is 88.2 Å². The van der Waals surface area contributed by atoms with Crippen LogP contribution in [0.5, 0.6) is 0 Å². The highest BCUT2D eigenvalue weighted by atomic mass is 16.2. The van der Waals surface area contributed by atoms with Crippen LogP contribution in [0, 0.1) is 0 Å². The normalized spacial score (nSPS) is 8.42. The molecular formula is C13H14N4O2. The topological polar surface area (TPSA) is 94.4 Å². The Morgan fingerprint density at radius 3 is 1.79 bits per heavy atom. The number of H-pyrrole nitrogens is 3. The molecule has 0 aliphatic heterocycles. The third-order valence-corrected chi connectivity index (χ3v) is 1.75. The molecule has 0 radical (unpaired) electrons. The zero-order chi connectivity index (χ0) is 13.8. The molecule has 0 unspecified atom stereocenters. The molecule has 0 atom stereocenters. The van der Waals surface area contributed by atoms with E-state index in [2.05, 4.69) is 15.0 Å². The minimum Gasteiger partial charge on any atom is -0.368 e. The van der Waals surface area contributed by atoms with Gasteiger partial charge in [-0.25, -0.2) is 4.79 Å². The number of pyridine rings is 1. The summed E-state index contributed by atoms with van der Waals surface area (Å²) >= 11 is 0. The molecular weight excluding hydrogens is 244 g/mol. The lowest BCUT2D eigenvalue weighted by atomic mass is 10.5. The van der Waals surface area contributed by atoms with Gasteiger partial charge in [-0.05, 0) is 24.3 Å². The van der Waals surface area contributed by atoms with Crippen LogP contribution in [0.15, 0.2) is 77.0 Å². The van der Waals surface area contributed by atoms with Crippen molar-refractivity contribution >= 4 is 0 Å². The van der Waals surface area contributed by atoms with Gasteiger partial charge in [0.2, 0.25) is 0 Å². The lowest BCUT2D eigenvalue weighted by molar-refractivity contribution is 1.04. The Labute approximate surface area is 109 Å². The number of aromatic nitrogens is 4. The van der Waals surface area contributed by atoms with Gasteiger partial charge >= 0.3 is 5.69 Å². The molecule has 0 saturated heterocycles. The van der Waals surface area contributed by atoms with Gasteiger partial charge in [0.25, 0.3) is 5.56 Å². The second kappa shape index (κ2) is 9.17. The van der Waals surface area contributed by atoms with Gasteiger partial charge in [0, 0.05) is 37.1 Å². The van der Waals surface area contributed by atoms with E-state index in [1.165, 1.54) is 12.3 Å². The Kier molecular flexibility index (Phi) is 6.84. The van der Waals surface area contributed by atoms with Crippen LogP contribution < -0.4 is 11.2 Å². The van der Waals surface area contributed by atoms with Crippen molar-refractivity contribution in [1.82, 2.24) is 19.9 Å². The van der Waals surface area contributed by atoms with Crippen molar-refractivity contribution in [3.63, 3.8) is 0 Å². The zero-order valence-corrected chi connectivity index (χ0v) is 10.1. The van der Waals surface area contributed by atoms with Crippen molar-refractivity contribution in [2.75, 3.05) is 0 Å². The summed E-state index contributed by atoms with van der Waals surface area (Å²) in [6, 6.07) is 10.8. The number of nitrogens with one attached hydrogen (secondary N) is 3. The van der Waals surface area contributed by atoms with Crippen molar-refractivity contribution < 1.29 is 0 Å². The third kappa shape index (κ3) is 7.92. The Morgan fingerprint density at radius 1 is 0.842 bits per heavy atom. The summed E-state index contributed by atoms with van der Waals surface area (Å²) in [5.74, 6) is 0. The molecule has 3 aromatic heterocycles. The van der Waals surface area contributed by atoms with Gasteiger partial charge in [0.1, 0.15) is 0 Å². The first-order valence-corrected chi connectivity index (χ1v) is 5.50. The highest BCUT2D eigenvalue weighted by Gasteiger charge is 1.77. The van der Waals surface area contributed by atoms with Crippen molar-refractivity contribution in [2.24, 2.45) is 0 Å². The summed E-state index contributed by atoms with van der Waals surface area (Å²) in [5, 5.41) is 0. The predicted octanol–water partition coefficient (Wildman–Crippen LogP) is 1.16. The predicted molar refractivity (Wildman–Crippen MR) is 72.7 cm³/mol. The first-order valence-electron chi connectivity index (χ1n) is 5.50. The Morgan fingerprint density at radius 2 is 1.53 bits per heavy atom. The van der Waals surface area contributed by atoms with Gasteiger partial charge < -0.3 is 9.97 Å². The maximum atomic E-state index is 10.2. The van der Waals surface area contributed by atoms with Gasteiger partial charge in [-0.1, -0.05) is 6.07 Å². The van der Waals surface area contributed by atoms with E-state index in [-0.39, 0.29) is 5.56 Å². The lowest BCUT2D eigenvalue weighted by Crippen LogP contribution is -2.19. The molecule has 3 heterocycles. The van der Waals surface area contributed by atoms with E-state index in [0.29, 0.717) is 0 Å². The monoisotopic (exact) mass is 258 g/mol. The van der Waals surface area contributed by atoms with Crippen molar-refractivity contribution in [3.8, 4) is 0 Å². The average molecular weight is 258 g/mol. The smallest absolute Gasteiger partial charge is 0.325 e. The fourth-order valence-electron chi connectivity index (χ4n) is 0.973. The summed E-state index contributed by atoms with van der Waals surface area (Å²) in [6.07, 6.45) is 8.54. The van der Waals surface area contributed by atoms with E-state index in [4.69, 9.17) is 0 Å². The highest BCUT2D eigenvalue weighted by molar-refractivity contribution is 4.88. The minimum absolute atomic E-state index is 0.381. The average Bonchev–Trinajstić information content (AvgIpc) is 3.00. The summed E-state index contributed by atoms with van der Waals surface area (Å²) in [7, 11) is 0. The molecule has 0 saturated carbocycles. The van der Waals surface area contributed by atoms with E-state index in [0.717, 1.165) is 0 Å². The van der Waals surface area contributed by atoms with Gasteiger partial charge in [0.05, 0.1) is 0 Å². The van der Waals surface area contributed by atoms with E-state index in [9.17, 15) is 9.59 Å². The molecule has 0 fully saturated rings. The quantitative estimate of drug-likeness (QED) is 0.564. The summed E-state index contributed by atoms with van der Waals surface area (Å²) < 4.78 is 0. The Bertz CT molecular complexity index is 560. The second-order valence-electron chi connectivity index (χ2n) is 3.21. The van der Waals surface area contributed by atoms with E-state index in [1.54, 1.807) is 12.4 Å². The molecule has 6 nitrogen and oxygen atoms in total. The van der Waals surface area contributed by atoms with Crippen molar-refractivity contribution in [1.29, 1.82) is 0 Å². The second-order valence-corrected chi connectivity index (χ2v) is 3.21. The van der Waals surface area contributed by atoms with Crippen LogP contribution >= 0.6 is 0 Å². The number of aromatic amines is 3. The van der Waals surface area contributed by atoms with Gasteiger partial charge in [-0.15, -0.1) is 0 Å². The molecule has 0 aliphatic carbocycles. The van der Waals surface area contributed by atoms with Crippen LogP contribution in [0.4, 0.5) is 0 Å². The molecule has 98 valence electrons. The fourth-order valence-corrected chi connectivity index (χ4v) is 0.973. The molecule has 3 aromatic rings. The van der Waals surface area contributed by atoms with Crippen LogP contribution in [0.1, 0.15) is 0 Å². The number of rotatable bonds is 0. The van der Waals surface area contributed by atoms with Crippen molar-refractivity contribution in [2.45, 2.75) is 0 Å². The first kappa shape index (κ1) is 14.2. The van der Waals surface area contributed by atoms with Crippen LogP contribution in [0.25, 0.3) is 0 Å². The molecule has 6 heteroatoms. The maximum Gasteiger partial charge on any atom is 0.325 e. The van der Waals surface area contributed by atoms with E-state index in [1.807, 2.05) is 47.7 Å². The summed E-state index contributed by atoms with van der Waals surface area (Å²) in [5.41, 5.74) is -0.855. The molecule has 0 aliphatic rings. The standard InChI is InChI=1S/C5H5N.C4H4N2O2.C4H5N/c1-2-4-6-5-3-1;7-3-1-2-5-4(8)6-3;1-2-4-5-3-1/h1-5H;1-2H,(H2,5,6,7,8);1-5H. The van der Waals surface area contributed by atoms with Gasteiger partial charge in [0.15, 0.2) is 0 Å². The van der Waals surface area contributed by atoms with Crippen LogP contribution in [-0.2, 0) is 0 Å². The molecule has 0 bridgehead atoms. The molecule has 0 aromatic carbocycles. The Hall–Kier alpha value is -2.89. The van der Waals surface area contributed by atoms with Crippen LogP contribution in [0.3, 0.4) is 0 Å². The lowest BCUT2D eigenvalue weighted by Gasteiger charge is -1.75. The van der Waals surface area contributed by atoms with E-state index < -0.39 is 5.69 Å². The van der Waals surface area contributed by atoms with Crippen LogP contribution in [-0.4, -0.2) is 19.9 Å². The zero-order valence-electron chi connectivity index (χ0n) is 10.1. The SMILES string of the molecule is O=c1cc[nH]c(=O)[nH]1.c1cc[nH]c1.c1ccncc1. The first-order chi connectivity index (χ1) is 9.29. The largest absolute Gasteiger partial charge is 0.368 e. The van der Waals surface area contributed by atoms with Gasteiger partial charge in [-0.3, -0.25) is 14.8 Å². The highest BCUT2D eigenvalue weighted by Crippen LogP contribution is 1.73. The number of hydrogen-bond acceptors (Lipinski definition) is 3. The van der Waals surface area contributed by atoms with Crippen LogP contribution in [0.2, 0.25) is 0 Å². The molecule has 19 heavy (non-hydrogen) atoms. The van der Waals surface area contributed by atoms with E-state index >= 15 is 0 Å². The molecule has 0 amide bonds. The fraction of sp³-hybridized carbons (Fsp3) is 0. The molecule has 3 rings (SSSR count). The molecule has 0 spiro atoms. The maximum absolute atomic E-state index is 10.2. The molecule has 3 N–H and O–H groups in total. The number of nitrogens with zero attached hydrogens (tertiary/aromatic N) is 1. The summed E-state index contributed by atoms with van der Waals surface area (Å²) in [6.45, 7) is 0. The summed E-state index contributed by atoms with van der Waals surface area (Å²) in [4.78, 5) is 31.3. The number of hydrogen-bond donors (Lipinski definition) is 3. The minimum atomic E-state index is -0.475. The Balaban J connectivity index is 0.000000147.